The van der Waals surface area contributed by atoms with Gasteiger partial charge >= 0.3 is 0 Å². The van der Waals surface area contributed by atoms with Gasteiger partial charge < -0.3 is 19.7 Å². The second kappa shape index (κ2) is 9.45. The van der Waals surface area contributed by atoms with Crippen LogP contribution in [0.1, 0.15) is 40.0 Å². The average Bonchev–Trinajstić information content (AvgIpc) is 2.34. The number of nitrogens with zero attached hydrogens (tertiary/aromatic N) is 1. The van der Waals surface area contributed by atoms with E-state index in [2.05, 4.69) is 24.1 Å². The molecule has 4 heteroatoms. The molecule has 0 aromatic heterocycles. The number of Topliss-reactive ketones (excluding diaryl/α,β-unsaturated/α-hetero) is 1. The third kappa shape index (κ3) is 8.35. The summed E-state index contributed by atoms with van der Waals surface area (Å²) in [6, 6.07) is 0.531. The van der Waals surface area contributed by atoms with E-state index in [9.17, 15) is 4.79 Å². The second-order valence-corrected chi connectivity index (χ2v) is 5.91. The van der Waals surface area contributed by atoms with Crippen molar-refractivity contribution in [3.05, 3.63) is 0 Å². The highest BCUT2D eigenvalue weighted by Crippen LogP contribution is 2.20. The Hall–Kier alpha value is -0.450. The number of nitrogens with one attached hydrogen (secondary N) is 1. The first-order valence-corrected chi connectivity index (χ1v) is 7.61. The number of rotatable bonds is 9. The van der Waals surface area contributed by atoms with Crippen LogP contribution in [-0.2, 0) is 9.53 Å². The van der Waals surface area contributed by atoms with Gasteiger partial charge in [0.15, 0.2) is 0 Å². The Balaban J connectivity index is 1.96. The Bertz CT molecular complexity index is 249. The number of piperidine rings is 1. The fraction of sp³-hybridized carbons (Fsp3) is 0.933. The Labute approximate surface area is 117 Å². The molecule has 0 amide bonds. The topological polar surface area (TPSA) is 41.6 Å². The number of hydrogen-bond donors (Lipinski definition) is 1. The maximum absolute atomic E-state index is 11.1. The van der Waals surface area contributed by atoms with E-state index in [4.69, 9.17) is 4.74 Å². The molecule has 0 aromatic rings. The van der Waals surface area contributed by atoms with Crippen molar-refractivity contribution in [3.8, 4) is 0 Å². The minimum absolute atomic E-state index is 0.333. The lowest BCUT2D eigenvalue weighted by Gasteiger charge is -2.31. The number of carbonyl (C=O) groups excluding carboxylic acids is 1. The summed E-state index contributed by atoms with van der Waals surface area (Å²) in [6.45, 7) is 11.8. The molecule has 1 saturated heterocycles. The van der Waals surface area contributed by atoms with Gasteiger partial charge in [0.2, 0.25) is 0 Å². The molecule has 0 aromatic carbocycles. The third-order valence-corrected chi connectivity index (χ3v) is 3.63. The monoisotopic (exact) mass is 270 g/mol. The predicted octanol–water partition coefficient (Wildman–Crippen LogP) is 1.69. The minimum Gasteiger partial charge on any atom is -0.379 e. The molecule has 0 bridgehead atoms. The maximum Gasteiger partial charge on any atom is 0.130 e. The second-order valence-electron chi connectivity index (χ2n) is 5.91. The molecule has 0 aliphatic carbocycles. The Morgan fingerprint density at radius 1 is 1.32 bits per heavy atom. The summed E-state index contributed by atoms with van der Waals surface area (Å²) in [5, 5.41) is 3.34. The fourth-order valence-electron chi connectivity index (χ4n) is 2.54. The van der Waals surface area contributed by atoms with E-state index in [0.717, 1.165) is 58.7 Å². The molecule has 0 saturated carbocycles. The third-order valence-electron chi connectivity index (χ3n) is 3.63. The van der Waals surface area contributed by atoms with Gasteiger partial charge in [-0.2, -0.15) is 0 Å². The average molecular weight is 270 g/mol. The highest BCUT2D eigenvalue weighted by atomic mass is 16.5. The zero-order valence-electron chi connectivity index (χ0n) is 12.8. The summed E-state index contributed by atoms with van der Waals surface area (Å²) in [5.74, 6) is 0.948. The molecule has 1 aliphatic heterocycles. The number of ether oxygens (including phenoxy) is 1. The van der Waals surface area contributed by atoms with Crippen LogP contribution in [-0.4, -0.2) is 56.1 Å². The van der Waals surface area contributed by atoms with E-state index in [-0.39, 0.29) is 0 Å². The van der Waals surface area contributed by atoms with Gasteiger partial charge in [-0.05, 0) is 38.8 Å². The quantitative estimate of drug-likeness (QED) is 0.647. The van der Waals surface area contributed by atoms with Crippen molar-refractivity contribution in [1.82, 2.24) is 10.2 Å². The maximum atomic E-state index is 11.1. The van der Waals surface area contributed by atoms with Crippen molar-refractivity contribution in [1.29, 1.82) is 0 Å². The Kier molecular flexibility index (Phi) is 8.26. The highest BCUT2D eigenvalue weighted by Gasteiger charge is 2.19. The summed E-state index contributed by atoms with van der Waals surface area (Å²) in [5.41, 5.74) is 0. The Morgan fingerprint density at radius 2 is 2.00 bits per heavy atom. The van der Waals surface area contributed by atoms with Crippen LogP contribution in [0.3, 0.4) is 0 Å². The van der Waals surface area contributed by atoms with Gasteiger partial charge in [0.1, 0.15) is 5.78 Å². The van der Waals surface area contributed by atoms with Gasteiger partial charge in [0, 0.05) is 25.6 Å². The molecule has 0 radical (unpaired) electrons. The van der Waals surface area contributed by atoms with Gasteiger partial charge in [0.05, 0.1) is 13.2 Å². The van der Waals surface area contributed by atoms with E-state index >= 15 is 0 Å². The largest absolute Gasteiger partial charge is 0.379 e. The van der Waals surface area contributed by atoms with E-state index in [1.165, 1.54) is 0 Å². The zero-order valence-corrected chi connectivity index (χ0v) is 12.8. The van der Waals surface area contributed by atoms with Crippen LogP contribution >= 0.6 is 0 Å². The molecule has 1 N–H and O–H groups in total. The summed E-state index contributed by atoms with van der Waals surface area (Å²) in [6.07, 6.45) is 3.09. The minimum atomic E-state index is 0.333. The van der Waals surface area contributed by atoms with Crippen LogP contribution in [0.15, 0.2) is 0 Å². The van der Waals surface area contributed by atoms with E-state index in [1.54, 1.807) is 6.92 Å². The lowest BCUT2D eigenvalue weighted by molar-refractivity contribution is -0.118. The normalized spacial score (nSPS) is 18.1. The van der Waals surface area contributed by atoms with Crippen molar-refractivity contribution in [2.45, 2.75) is 46.1 Å². The SMILES string of the molecule is CC(=O)CC1CCN(CCOCCNC(C)C)CC1. The number of carbonyl (C=O) groups is 1. The van der Waals surface area contributed by atoms with Crippen LogP contribution in [0.2, 0.25) is 0 Å². The molecular weight excluding hydrogens is 240 g/mol. The van der Waals surface area contributed by atoms with Crippen LogP contribution in [0.5, 0.6) is 0 Å². The molecule has 4 nitrogen and oxygen atoms in total. The van der Waals surface area contributed by atoms with Crippen LogP contribution in [0, 0.1) is 5.92 Å². The Morgan fingerprint density at radius 3 is 2.58 bits per heavy atom. The first-order chi connectivity index (χ1) is 9.08. The molecule has 1 heterocycles. The lowest BCUT2D eigenvalue weighted by atomic mass is 9.92. The van der Waals surface area contributed by atoms with Gasteiger partial charge in [-0.15, -0.1) is 0 Å². The van der Waals surface area contributed by atoms with E-state index in [1.807, 2.05) is 0 Å². The van der Waals surface area contributed by atoms with E-state index < -0.39 is 0 Å². The molecule has 0 atom stereocenters. The van der Waals surface area contributed by atoms with Crippen LogP contribution < -0.4 is 5.32 Å². The molecule has 0 spiro atoms. The molecule has 1 rings (SSSR count). The lowest BCUT2D eigenvalue weighted by Crippen LogP contribution is -2.36. The van der Waals surface area contributed by atoms with Crippen molar-refractivity contribution >= 4 is 5.78 Å². The van der Waals surface area contributed by atoms with Crippen molar-refractivity contribution in [3.63, 3.8) is 0 Å². The van der Waals surface area contributed by atoms with Crippen LogP contribution in [0.25, 0.3) is 0 Å². The number of ketones is 1. The number of hydrogen-bond acceptors (Lipinski definition) is 4. The predicted molar refractivity (Wildman–Crippen MR) is 78.4 cm³/mol. The van der Waals surface area contributed by atoms with Gasteiger partial charge in [-0.3, -0.25) is 0 Å². The standard InChI is InChI=1S/C15H30N2O2/c1-13(2)16-6-10-19-11-9-17-7-4-15(5-8-17)12-14(3)18/h13,15-16H,4-12H2,1-3H3. The first-order valence-electron chi connectivity index (χ1n) is 7.61. The summed E-state index contributed by atoms with van der Waals surface area (Å²) >= 11 is 0. The fourth-order valence-corrected chi connectivity index (χ4v) is 2.54. The first kappa shape index (κ1) is 16.6. The summed E-state index contributed by atoms with van der Waals surface area (Å²) in [4.78, 5) is 13.5. The van der Waals surface area contributed by atoms with E-state index in [0.29, 0.717) is 17.7 Å². The summed E-state index contributed by atoms with van der Waals surface area (Å²) in [7, 11) is 0. The van der Waals surface area contributed by atoms with Crippen LogP contribution in [0.4, 0.5) is 0 Å². The van der Waals surface area contributed by atoms with Gasteiger partial charge in [-0.25, -0.2) is 0 Å². The molecular formula is C15H30N2O2. The van der Waals surface area contributed by atoms with Gasteiger partial charge in [-0.1, -0.05) is 13.8 Å². The molecule has 1 aliphatic rings. The van der Waals surface area contributed by atoms with Crippen molar-refractivity contribution in [2.75, 3.05) is 39.4 Å². The van der Waals surface area contributed by atoms with Crippen molar-refractivity contribution < 1.29 is 9.53 Å². The van der Waals surface area contributed by atoms with Crippen molar-refractivity contribution in [2.24, 2.45) is 5.92 Å². The highest BCUT2D eigenvalue weighted by molar-refractivity contribution is 5.75. The summed E-state index contributed by atoms with van der Waals surface area (Å²) < 4.78 is 5.62. The smallest absolute Gasteiger partial charge is 0.130 e. The molecule has 112 valence electrons. The molecule has 0 unspecified atom stereocenters. The zero-order chi connectivity index (χ0) is 14.1. The molecule has 19 heavy (non-hydrogen) atoms. The van der Waals surface area contributed by atoms with Gasteiger partial charge in [0.25, 0.3) is 0 Å². The molecule has 1 fully saturated rings. The number of likely N-dealkylation sites (tertiary alicyclic amines) is 1.